The van der Waals surface area contributed by atoms with Crippen molar-refractivity contribution in [2.75, 3.05) is 39.8 Å². The van der Waals surface area contributed by atoms with Crippen LogP contribution in [-0.2, 0) is 6.54 Å². The SMILES string of the molecule is CN=C(NCc1ccccc1OCC(F)(F)F)N1CCN(C(=O)c2ccco2)CC1.I. The molecule has 3 rings (SSSR count). The molecule has 1 amide bonds. The molecule has 31 heavy (non-hydrogen) atoms. The monoisotopic (exact) mass is 552 g/mol. The predicted molar refractivity (Wildman–Crippen MR) is 120 cm³/mol. The molecule has 0 atom stereocenters. The van der Waals surface area contributed by atoms with Crippen molar-refractivity contribution in [3.63, 3.8) is 0 Å². The number of para-hydroxylation sites is 1. The molecule has 1 fully saturated rings. The van der Waals surface area contributed by atoms with Gasteiger partial charge in [-0.1, -0.05) is 18.2 Å². The first-order valence-electron chi connectivity index (χ1n) is 9.43. The first-order valence-corrected chi connectivity index (χ1v) is 9.43. The average molecular weight is 552 g/mol. The first kappa shape index (κ1) is 24.8. The number of benzene rings is 1. The normalized spacial score (nSPS) is 14.8. The summed E-state index contributed by atoms with van der Waals surface area (Å²) in [5.74, 6) is 0.928. The third-order valence-electron chi connectivity index (χ3n) is 4.61. The highest BCUT2D eigenvalue weighted by atomic mass is 127. The second-order valence-electron chi connectivity index (χ2n) is 6.67. The van der Waals surface area contributed by atoms with Crippen molar-refractivity contribution in [1.82, 2.24) is 15.1 Å². The number of furan rings is 1. The molecule has 0 radical (unpaired) electrons. The zero-order valence-electron chi connectivity index (χ0n) is 16.9. The van der Waals surface area contributed by atoms with Crippen LogP contribution in [0.25, 0.3) is 0 Å². The fourth-order valence-corrected chi connectivity index (χ4v) is 3.13. The number of guanidine groups is 1. The van der Waals surface area contributed by atoms with E-state index in [1.165, 1.54) is 12.3 Å². The largest absolute Gasteiger partial charge is 0.484 e. The summed E-state index contributed by atoms with van der Waals surface area (Å²) in [5, 5.41) is 3.16. The molecule has 1 aromatic heterocycles. The highest BCUT2D eigenvalue weighted by Crippen LogP contribution is 2.22. The Morgan fingerprint density at radius 2 is 1.81 bits per heavy atom. The van der Waals surface area contributed by atoms with E-state index in [-0.39, 0.29) is 42.2 Å². The van der Waals surface area contributed by atoms with E-state index in [1.54, 1.807) is 42.3 Å². The summed E-state index contributed by atoms with van der Waals surface area (Å²) < 4.78 is 47.5. The number of hydrogen-bond donors (Lipinski definition) is 1. The first-order chi connectivity index (χ1) is 14.4. The van der Waals surface area contributed by atoms with Gasteiger partial charge in [-0.2, -0.15) is 13.2 Å². The van der Waals surface area contributed by atoms with Gasteiger partial charge in [0.25, 0.3) is 5.91 Å². The number of nitrogens with zero attached hydrogens (tertiary/aromatic N) is 3. The van der Waals surface area contributed by atoms with Gasteiger partial charge in [0, 0.05) is 45.3 Å². The summed E-state index contributed by atoms with van der Waals surface area (Å²) >= 11 is 0. The fourth-order valence-electron chi connectivity index (χ4n) is 3.13. The van der Waals surface area contributed by atoms with E-state index < -0.39 is 12.8 Å². The summed E-state index contributed by atoms with van der Waals surface area (Å²) in [4.78, 5) is 20.3. The molecule has 0 unspecified atom stereocenters. The van der Waals surface area contributed by atoms with Crippen LogP contribution < -0.4 is 10.1 Å². The molecule has 1 aliphatic heterocycles. The summed E-state index contributed by atoms with van der Waals surface area (Å²) in [7, 11) is 1.63. The van der Waals surface area contributed by atoms with Gasteiger partial charge < -0.3 is 24.3 Å². The van der Waals surface area contributed by atoms with Gasteiger partial charge in [-0.05, 0) is 18.2 Å². The zero-order valence-corrected chi connectivity index (χ0v) is 19.2. The summed E-state index contributed by atoms with van der Waals surface area (Å²) in [6.07, 6.45) is -2.94. The molecule has 2 aromatic rings. The molecule has 2 heterocycles. The Kier molecular flexibility index (Phi) is 9.01. The van der Waals surface area contributed by atoms with Crippen molar-refractivity contribution in [3.8, 4) is 5.75 Å². The molecule has 0 bridgehead atoms. The fraction of sp³-hybridized carbons (Fsp3) is 0.400. The van der Waals surface area contributed by atoms with Crippen LogP contribution in [0.15, 0.2) is 52.1 Å². The van der Waals surface area contributed by atoms with E-state index in [2.05, 4.69) is 10.3 Å². The van der Waals surface area contributed by atoms with Crippen molar-refractivity contribution >= 4 is 35.8 Å². The van der Waals surface area contributed by atoms with Crippen molar-refractivity contribution < 1.29 is 27.1 Å². The van der Waals surface area contributed by atoms with E-state index in [9.17, 15) is 18.0 Å². The molecule has 0 aliphatic carbocycles. The van der Waals surface area contributed by atoms with Crippen LogP contribution in [0.2, 0.25) is 0 Å². The molecular weight excluding hydrogens is 528 g/mol. The number of aliphatic imine (C=N–C) groups is 1. The number of alkyl halides is 3. The Hall–Kier alpha value is -2.44. The maximum atomic E-state index is 12.5. The third-order valence-corrected chi connectivity index (χ3v) is 4.61. The topological polar surface area (TPSA) is 70.3 Å². The van der Waals surface area contributed by atoms with Crippen LogP contribution in [0.1, 0.15) is 16.1 Å². The van der Waals surface area contributed by atoms with Crippen molar-refractivity contribution in [1.29, 1.82) is 0 Å². The number of halogens is 4. The standard InChI is InChI=1S/C20H23F3N4O3.HI/c1-24-19(25-13-15-5-2-3-6-16(15)30-14-20(21,22)23)27-10-8-26(9-11-27)18(28)17-7-4-12-29-17;/h2-7,12H,8-11,13-14H2,1H3,(H,24,25);1H. The van der Waals surface area contributed by atoms with Gasteiger partial charge in [-0.25, -0.2) is 0 Å². The Morgan fingerprint density at radius 1 is 1.13 bits per heavy atom. The molecule has 0 saturated carbocycles. The predicted octanol–water partition coefficient (Wildman–Crippen LogP) is 3.37. The van der Waals surface area contributed by atoms with Crippen molar-refractivity contribution in [2.45, 2.75) is 12.7 Å². The summed E-state index contributed by atoms with van der Waals surface area (Å²) in [6, 6.07) is 9.87. The Balaban J connectivity index is 0.00000341. The smallest absolute Gasteiger partial charge is 0.422 e. The molecular formula is C20H24F3IN4O3. The quantitative estimate of drug-likeness (QED) is 0.350. The lowest BCUT2D eigenvalue weighted by Gasteiger charge is -2.36. The lowest BCUT2D eigenvalue weighted by molar-refractivity contribution is -0.153. The molecule has 1 saturated heterocycles. The molecule has 1 aliphatic rings. The lowest BCUT2D eigenvalue weighted by atomic mass is 10.2. The number of carbonyl (C=O) groups excluding carboxylic acids is 1. The third kappa shape index (κ3) is 7.04. The van der Waals surface area contributed by atoms with Crippen LogP contribution in [-0.4, -0.2) is 67.7 Å². The Labute approximate surface area is 195 Å². The van der Waals surface area contributed by atoms with Gasteiger partial charge in [0.2, 0.25) is 0 Å². The van der Waals surface area contributed by atoms with Crippen LogP contribution in [0, 0.1) is 0 Å². The molecule has 1 N–H and O–H groups in total. The number of ether oxygens (including phenoxy) is 1. The Morgan fingerprint density at radius 3 is 2.42 bits per heavy atom. The van der Waals surface area contributed by atoms with Gasteiger partial charge in [0.15, 0.2) is 18.3 Å². The molecule has 0 spiro atoms. The van der Waals surface area contributed by atoms with Gasteiger partial charge in [-0.15, -0.1) is 24.0 Å². The number of hydrogen-bond acceptors (Lipinski definition) is 4. The lowest BCUT2D eigenvalue weighted by Crippen LogP contribution is -2.53. The molecule has 170 valence electrons. The second-order valence-corrected chi connectivity index (χ2v) is 6.67. The second kappa shape index (κ2) is 11.3. The van der Waals surface area contributed by atoms with Gasteiger partial charge in [0.1, 0.15) is 5.75 Å². The maximum Gasteiger partial charge on any atom is 0.422 e. The van der Waals surface area contributed by atoms with Crippen LogP contribution in [0.5, 0.6) is 5.75 Å². The minimum absolute atomic E-state index is 0. The van der Waals surface area contributed by atoms with Gasteiger partial charge >= 0.3 is 6.18 Å². The van der Waals surface area contributed by atoms with E-state index in [0.29, 0.717) is 43.5 Å². The van der Waals surface area contributed by atoms with Crippen LogP contribution in [0.3, 0.4) is 0 Å². The summed E-state index contributed by atoms with van der Waals surface area (Å²) in [5.41, 5.74) is 0.592. The zero-order chi connectivity index (χ0) is 21.6. The van der Waals surface area contributed by atoms with E-state index in [0.717, 1.165) is 0 Å². The van der Waals surface area contributed by atoms with Crippen LogP contribution >= 0.6 is 24.0 Å². The van der Waals surface area contributed by atoms with E-state index in [4.69, 9.17) is 9.15 Å². The van der Waals surface area contributed by atoms with Crippen LogP contribution in [0.4, 0.5) is 13.2 Å². The van der Waals surface area contributed by atoms with E-state index >= 15 is 0 Å². The summed E-state index contributed by atoms with van der Waals surface area (Å²) in [6.45, 7) is 1.06. The number of amides is 1. The number of rotatable bonds is 5. The van der Waals surface area contributed by atoms with Gasteiger partial charge in [0.05, 0.1) is 6.26 Å². The number of carbonyl (C=O) groups is 1. The van der Waals surface area contributed by atoms with Crippen molar-refractivity contribution in [2.24, 2.45) is 4.99 Å². The molecule has 11 heteroatoms. The van der Waals surface area contributed by atoms with Crippen molar-refractivity contribution in [3.05, 3.63) is 54.0 Å². The highest BCUT2D eigenvalue weighted by Gasteiger charge is 2.29. The average Bonchev–Trinajstić information content (AvgIpc) is 3.28. The maximum absolute atomic E-state index is 12.5. The minimum Gasteiger partial charge on any atom is -0.484 e. The number of nitrogens with one attached hydrogen (secondary N) is 1. The number of piperazine rings is 1. The molecule has 1 aromatic carbocycles. The van der Waals surface area contributed by atoms with E-state index in [1.807, 2.05) is 4.90 Å². The van der Waals surface area contributed by atoms with Gasteiger partial charge in [-0.3, -0.25) is 9.79 Å². The highest BCUT2D eigenvalue weighted by molar-refractivity contribution is 14.0. The minimum atomic E-state index is -4.40. The Bertz CT molecular complexity index is 867. The molecule has 7 nitrogen and oxygen atoms in total.